The molecular formula is C13H9ClFNO2. The average molecular weight is 266 g/mol. The minimum absolute atomic E-state index is 0.183. The number of rotatable bonds is 3. The molecule has 0 unspecified atom stereocenters. The van der Waals surface area contributed by atoms with Gasteiger partial charge in [0.1, 0.15) is 11.4 Å². The summed E-state index contributed by atoms with van der Waals surface area (Å²) >= 11 is 5.82. The lowest BCUT2D eigenvalue weighted by atomic mass is 10.1. The van der Waals surface area contributed by atoms with Crippen molar-refractivity contribution in [2.24, 2.45) is 0 Å². The maximum absolute atomic E-state index is 13.5. The van der Waals surface area contributed by atoms with Crippen LogP contribution in [0.2, 0.25) is 5.02 Å². The van der Waals surface area contributed by atoms with Gasteiger partial charge in [0, 0.05) is 11.2 Å². The van der Waals surface area contributed by atoms with Gasteiger partial charge in [-0.25, -0.2) is 9.37 Å². The van der Waals surface area contributed by atoms with Crippen molar-refractivity contribution >= 4 is 17.4 Å². The molecule has 0 saturated heterocycles. The number of hydrogen-bond acceptors (Lipinski definition) is 3. The molecule has 2 rings (SSSR count). The van der Waals surface area contributed by atoms with Crippen LogP contribution in [0.15, 0.2) is 36.5 Å². The van der Waals surface area contributed by atoms with Crippen molar-refractivity contribution in [2.75, 3.05) is 7.11 Å². The number of methoxy groups -OCH3 is 1. The Morgan fingerprint density at radius 1 is 1.39 bits per heavy atom. The van der Waals surface area contributed by atoms with Crippen molar-refractivity contribution in [2.45, 2.75) is 0 Å². The Kier molecular flexibility index (Phi) is 3.58. The first kappa shape index (κ1) is 12.5. The molecule has 0 saturated carbocycles. The first-order valence-electron chi connectivity index (χ1n) is 5.12. The van der Waals surface area contributed by atoms with Gasteiger partial charge in [0.05, 0.1) is 12.7 Å². The number of pyridine rings is 1. The topological polar surface area (TPSA) is 39.2 Å². The number of ketones is 1. The minimum Gasteiger partial charge on any atom is -0.496 e. The smallest absolute Gasteiger partial charge is 0.218 e. The van der Waals surface area contributed by atoms with Crippen LogP contribution in [-0.2, 0) is 0 Å². The monoisotopic (exact) mass is 265 g/mol. The van der Waals surface area contributed by atoms with E-state index in [1.54, 1.807) is 12.1 Å². The fraction of sp³-hybridized carbons (Fsp3) is 0.0769. The summed E-state index contributed by atoms with van der Waals surface area (Å²) in [7, 11) is 1.43. The molecule has 1 aromatic carbocycles. The minimum atomic E-state index is -0.676. The fourth-order valence-corrected chi connectivity index (χ4v) is 1.71. The number of ether oxygens (including phenoxy) is 1. The van der Waals surface area contributed by atoms with E-state index in [0.29, 0.717) is 10.8 Å². The third kappa shape index (κ3) is 2.33. The lowest BCUT2D eigenvalue weighted by Crippen LogP contribution is -2.08. The van der Waals surface area contributed by atoms with E-state index in [1.807, 2.05) is 0 Å². The summed E-state index contributed by atoms with van der Waals surface area (Å²) < 4.78 is 18.6. The molecule has 0 aliphatic heterocycles. The lowest BCUT2D eigenvalue weighted by Gasteiger charge is -2.07. The first-order chi connectivity index (χ1) is 8.63. The van der Waals surface area contributed by atoms with Crippen LogP contribution in [0.4, 0.5) is 4.39 Å². The number of halogens is 2. The standard InChI is InChI=1S/C13H9ClFNO2/c1-18-11-5-4-8(14)7-9(11)13(17)12-10(15)3-2-6-16-12/h2-7H,1H3. The highest BCUT2D eigenvalue weighted by molar-refractivity contribution is 6.31. The third-order valence-electron chi connectivity index (χ3n) is 2.38. The van der Waals surface area contributed by atoms with Crippen molar-refractivity contribution < 1.29 is 13.9 Å². The molecule has 0 bridgehead atoms. The van der Waals surface area contributed by atoms with Crippen LogP contribution < -0.4 is 4.74 Å². The van der Waals surface area contributed by atoms with Crippen molar-refractivity contribution in [3.63, 3.8) is 0 Å². The van der Waals surface area contributed by atoms with Crippen LogP contribution in [0.3, 0.4) is 0 Å². The summed E-state index contributed by atoms with van der Waals surface area (Å²) in [4.78, 5) is 15.9. The highest BCUT2D eigenvalue weighted by atomic mass is 35.5. The van der Waals surface area contributed by atoms with Gasteiger partial charge >= 0.3 is 0 Å². The number of carbonyl (C=O) groups is 1. The summed E-state index contributed by atoms with van der Waals surface area (Å²) in [6, 6.07) is 7.16. The highest BCUT2D eigenvalue weighted by Gasteiger charge is 2.19. The van der Waals surface area contributed by atoms with Crippen LogP contribution in [-0.4, -0.2) is 17.9 Å². The second kappa shape index (κ2) is 5.14. The summed E-state index contributed by atoms with van der Waals surface area (Å²) in [5.74, 6) is -0.911. The van der Waals surface area contributed by atoms with Gasteiger partial charge in [-0.1, -0.05) is 11.6 Å². The van der Waals surface area contributed by atoms with Crippen LogP contribution in [0.25, 0.3) is 0 Å². The van der Waals surface area contributed by atoms with Gasteiger partial charge in [-0.15, -0.1) is 0 Å². The molecule has 0 aliphatic rings. The average Bonchev–Trinajstić information content (AvgIpc) is 2.38. The molecule has 0 amide bonds. The molecule has 0 aliphatic carbocycles. The molecule has 92 valence electrons. The van der Waals surface area contributed by atoms with Gasteiger partial charge in [-0.05, 0) is 30.3 Å². The van der Waals surface area contributed by atoms with Gasteiger partial charge in [0.15, 0.2) is 5.82 Å². The lowest BCUT2D eigenvalue weighted by molar-refractivity contribution is 0.102. The zero-order valence-electron chi connectivity index (χ0n) is 9.48. The quantitative estimate of drug-likeness (QED) is 0.801. The largest absolute Gasteiger partial charge is 0.496 e. The number of aromatic nitrogens is 1. The van der Waals surface area contributed by atoms with E-state index in [2.05, 4.69) is 4.98 Å². The highest BCUT2D eigenvalue weighted by Crippen LogP contribution is 2.25. The fourth-order valence-electron chi connectivity index (χ4n) is 1.54. The Balaban J connectivity index is 2.52. The first-order valence-corrected chi connectivity index (χ1v) is 5.50. The van der Waals surface area contributed by atoms with Crippen molar-refractivity contribution in [3.8, 4) is 5.75 Å². The molecule has 0 spiro atoms. The maximum atomic E-state index is 13.5. The Hall–Kier alpha value is -1.94. The Morgan fingerprint density at radius 2 is 2.17 bits per heavy atom. The Morgan fingerprint density at radius 3 is 2.83 bits per heavy atom. The van der Waals surface area contributed by atoms with E-state index in [9.17, 15) is 9.18 Å². The van der Waals surface area contributed by atoms with E-state index in [4.69, 9.17) is 16.3 Å². The van der Waals surface area contributed by atoms with Gasteiger partial charge < -0.3 is 4.74 Å². The van der Waals surface area contributed by atoms with Crippen molar-refractivity contribution in [1.82, 2.24) is 4.98 Å². The molecular weight excluding hydrogens is 257 g/mol. The maximum Gasteiger partial charge on any atom is 0.218 e. The molecule has 0 atom stereocenters. The van der Waals surface area contributed by atoms with E-state index >= 15 is 0 Å². The molecule has 0 radical (unpaired) electrons. The van der Waals surface area contributed by atoms with Gasteiger partial charge in [0.2, 0.25) is 5.78 Å². The van der Waals surface area contributed by atoms with Gasteiger partial charge in [0.25, 0.3) is 0 Å². The number of benzene rings is 1. The van der Waals surface area contributed by atoms with Crippen LogP contribution in [0.1, 0.15) is 16.1 Å². The third-order valence-corrected chi connectivity index (χ3v) is 2.61. The number of hydrogen-bond donors (Lipinski definition) is 0. The van der Waals surface area contributed by atoms with E-state index in [0.717, 1.165) is 0 Å². The second-order valence-electron chi connectivity index (χ2n) is 3.51. The van der Waals surface area contributed by atoms with Gasteiger partial charge in [-0.3, -0.25) is 4.79 Å². The molecule has 0 fully saturated rings. The van der Waals surface area contributed by atoms with Crippen LogP contribution >= 0.6 is 11.6 Å². The molecule has 1 heterocycles. The Labute approximate surface area is 108 Å². The summed E-state index contributed by atoms with van der Waals surface area (Å²) in [5, 5.41) is 0.371. The van der Waals surface area contributed by atoms with E-state index in [-0.39, 0.29) is 11.3 Å². The molecule has 3 nitrogen and oxygen atoms in total. The predicted octanol–water partition coefficient (Wildman–Crippen LogP) is 3.11. The van der Waals surface area contributed by atoms with Crippen LogP contribution in [0.5, 0.6) is 5.75 Å². The second-order valence-corrected chi connectivity index (χ2v) is 3.94. The number of carbonyl (C=O) groups excluding carboxylic acids is 1. The molecule has 18 heavy (non-hydrogen) atoms. The zero-order valence-corrected chi connectivity index (χ0v) is 10.2. The zero-order chi connectivity index (χ0) is 13.1. The van der Waals surface area contributed by atoms with Crippen LogP contribution in [0, 0.1) is 5.82 Å². The molecule has 2 aromatic rings. The van der Waals surface area contributed by atoms with Crippen molar-refractivity contribution in [3.05, 3.63) is 58.6 Å². The van der Waals surface area contributed by atoms with E-state index < -0.39 is 11.6 Å². The van der Waals surface area contributed by atoms with E-state index in [1.165, 1.54) is 31.5 Å². The molecule has 5 heteroatoms. The predicted molar refractivity (Wildman–Crippen MR) is 65.6 cm³/mol. The Bertz CT molecular complexity index is 601. The molecule has 0 N–H and O–H groups in total. The summed E-state index contributed by atoms with van der Waals surface area (Å²) in [6.07, 6.45) is 1.35. The summed E-state index contributed by atoms with van der Waals surface area (Å²) in [5.41, 5.74) is -0.0688. The normalized spacial score (nSPS) is 10.2. The number of nitrogens with zero attached hydrogens (tertiary/aromatic N) is 1. The SMILES string of the molecule is COc1ccc(Cl)cc1C(=O)c1ncccc1F. The summed E-state index contributed by atoms with van der Waals surface area (Å²) in [6.45, 7) is 0. The van der Waals surface area contributed by atoms with Gasteiger partial charge in [-0.2, -0.15) is 0 Å². The van der Waals surface area contributed by atoms with Crippen molar-refractivity contribution in [1.29, 1.82) is 0 Å². The molecule has 1 aromatic heterocycles.